The Balaban J connectivity index is 1.99. The van der Waals surface area contributed by atoms with E-state index >= 15 is 0 Å². The van der Waals surface area contributed by atoms with Gasteiger partial charge < -0.3 is 5.11 Å². The van der Waals surface area contributed by atoms with Gasteiger partial charge in [-0.15, -0.1) is 0 Å². The molecule has 0 unspecified atom stereocenters. The first-order valence-electron chi connectivity index (χ1n) is 5.85. The number of likely N-dealkylation sites (tertiary alicyclic amines) is 1. The molecule has 0 bridgehead atoms. The third-order valence-corrected chi connectivity index (χ3v) is 3.21. The maximum absolute atomic E-state index is 13.5. The van der Waals surface area contributed by atoms with Crippen LogP contribution in [-0.4, -0.2) is 29.1 Å². The summed E-state index contributed by atoms with van der Waals surface area (Å²) in [5.74, 6) is -1.27. The number of nitrogens with zero attached hydrogens (tertiary/aromatic N) is 1. The summed E-state index contributed by atoms with van der Waals surface area (Å²) in [6.07, 6.45) is 1.59. The summed E-state index contributed by atoms with van der Waals surface area (Å²) in [5.41, 5.74) is 0.638. The van der Waals surface area contributed by atoms with Crippen LogP contribution in [-0.2, 0) is 11.3 Å². The van der Waals surface area contributed by atoms with E-state index in [0.29, 0.717) is 18.7 Å². The zero-order chi connectivity index (χ0) is 12.3. The van der Waals surface area contributed by atoms with E-state index in [4.69, 9.17) is 5.11 Å². The topological polar surface area (TPSA) is 40.5 Å². The Morgan fingerprint density at radius 1 is 1.47 bits per heavy atom. The van der Waals surface area contributed by atoms with Crippen LogP contribution in [0.1, 0.15) is 18.4 Å². The molecule has 1 N–H and O–H groups in total. The van der Waals surface area contributed by atoms with Crippen LogP contribution in [0.2, 0.25) is 0 Å². The molecule has 0 aromatic heterocycles. The molecule has 3 nitrogen and oxygen atoms in total. The van der Waals surface area contributed by atoms with Gasteiger partial charge in [-0.05, 0) is 25.5 Å². The second kappa shape index (κ2) is 5.27. The number of carboxylic acids is 1. The molecule has 1 saturated heterocycles. The molecule has 0 spiro atoms. The van der Waals surface area contributed by atoms with Gasteiger partial charge in [0.05, 0.1) is 5.92 Å². The van der Waals surface area contributed by atoms with Crippen molar-refractivity contribution in [3.8, 4) is 0 Å². The molecule has 1 aromatic rings. The lowest BCUT2D eigenvalue weighted by Gasteiger charge is -2.30. The second-order valence-electron chi connectivity index (χ2n) is 4.50. The summed E-state index contributed by atoms with van der Waals surface area (Å²) >= 11 is 0. The number of piperidine rings is 1. The highest BCUT2D eigenvalue weighted by molar-refractivity contribution is 5.70. The van der Waals surface area contributed by atoms with E-state index < -0.39 is 5.97 Å². The van der Waals surface area contributed by atoms with Crippen molar-refractivity contribution in [3.63, 3.8) is 0 Å². The Kier molecular flexibility index (Phi) is 3.74. The minimum atomic E-state index is -0.747. The number of carboxylic acid groups (broad SMARTS) is 1. The zero-order valence-corrected chi connectivity index (χ0v) is 9.60. The monoisotopic (exact) mass is 237 g/mol. The van der Waals surface area contributed by atoms with Gasteiger partial charge in [0, 0.05) is 18.7 Å². The van der Waals surface area contributed by atoms with Crippen molar-refractivity contribution < 1.29 is 14.3 Å². The number of halogens is 1. The highest BCUT2D eigenvalue weighted by atomic mass is 19.1. The molecule has 1 heterocycles. The molecule has 1 fully saturated rings. The molecule has 0 amide bonds. The van der Waals surface area contributed by atoms with Crippen LogP contribution in [0, 0.1) is 11.7 Å². The van der Waals surface area contributed by atoms with E-state index in [0.717, 1.165) is 19.4 Å². The van der Waals surface area contributed by atoms with Crippen molar-refractivity contribution in [2.24, 2.45) is 5.92 Å². The molecule has 0 saturated carbocycles. The fraction of sp³-hybridized carbons (Fsp3) is 0.462. The van der Waals surface area contributed by atoms with E-state index in [1.807, 2.05) is 4.90 Å². The van der Waals surface area contributed by atoms with Gasteiger partial charge in [-0.25, -0.2) is 4.39 Å². The molecule has 0 aliphatic carbocycles. The standard InChI is InChI=1S/C13H16FNO2/c14-12-6-2-1-4-10(12)8-15-7-3-5-11(9-15)13(16)17/h1-2,4,6,11H,3,5,7-9H2,(H,16,17)/t11-/m1/s1. The lowest BCUT2D eigenvalue weighted by atomic mass is 9.98. The largest absolute Gasteiger partial charge is 0.481 e. The van der Waals surface area contributed by atoms with Crippen LogP contribution in [0.3, 0.4) is 0 Å². The Bertz CT molecular complexity index is 408. The fourth-order valence-electron chi connectivity index (χ4n) is 2.27. The first-order valence-corrected chi connectivity index (χ1v) is 5.85. The molecule has 1 aromatic carbocycles. The summed E-state index contributed by atoms with van der Waals surface area (Å²) in [4.78, 5) is 12.9. The van der Waals surface area contributed by atoms with Crippen molar-refractivity contribution in [2.45, 2.75) is 19.4 Å². The van der Waals surface area contributed by atoms with Crippen LogP contribution in [0.5, 0.6) is 0 Å². The maximum atomic E-state index is 13.5. The average Bonchev–Trinajstić information content (AvgIpc) is 2.32. The van der Waals surface area contributed by atoms with Gasteiger partial charge in [0.25, 0.3) is 0 Å². The number of benzene rings is 1. The lowest BCUT2D eigenvalue weighted by molar-refractivity contribution is -0.143. The Morgan fingerprint density at radius 3 is 2.94 bits per heavy atom. The smallest absolute Gasteiger partial charge is 0.307 e. The first kappa shape index (κ1) is 12.0. The number of hydrogen-bond donors (Lipinski definition) is 1. The summed E-state index contributed by atoms with van der Waals surface area (Å²) in [5, 5.41) is 8.98. The van der Waals surface area contributed by atoms with Gasteiger partial charge in [-0.3, -0.25) is 9.69 Å². The predicted octanol–water partition coefficient (Wildman–Crippen LogP) is 2.12. The van der Waals surface area contributed by atoms with Crippen LogP contribution < -0.4 is 0 Å². The van der Waals surface area contributed by atoms with Crippen LogP contribution in [0.25, 0.3) is 0 Å². The SMILES string of the molecule is O=C(O)[C@@H]1CCCN(Cc2ccccc2F)C1. The Morgan fingerprint density at radius 2 is 2.24 bits per heavy atom. The van der Waals surface area contributed by atoms with Crippen molar-refractivity contribution >= 4 is 5.97 Å². The molecule has 2 rings (SSSR count). The summed E-state index contributed by atoms with van der Waals surface area (Å²) in [6, 6.07) is 6.65. The summed E-state index contributed by atoms with van der Waals surface area (Å²) in [6.45, 7) is 1.86. The van der Waals surface area contributed by atoms with Gasteiger partial charge in [0.15, 0.2) is 0 Å². The molecular weight excluding hydrogens is 221 g/mol. The quantitative estimate of drug-likeness (QED) is 0.875. The zero-order valence-electron chi connectivity index (χ0n) is 9.60. The van der Waals surface area contributed by atoms with Gasteiger partial charge in [-0.2, -0.15) is 0 Å². The van der Waals surface area contributed by atoms with Crippen molar-refractivity contribution in [3.05, 3.63) is 35.6 Å². The van der Waals surface area contributed by atoms with E-state index in [1.165, 1.54) is 6.07 Å². The minimum absolute atomic E-state index is 0.218. The molecule has 4 heteroatoms. The Hall–Kier alpha value is -1.42. The van der Waals surface area contributed by atoms with Crippen molar-refractivity contribution in [1.29, 1.82) is 0 Å². The molecule has 1 aliphatic rings. The highest BCUT2D eigenvalue weighted by Gasteiger charge is 2.25. The van der Waals surface area contributed by atoms with Crippen molar-refractivity contribution in [2.75, 3.05) is 13.1 Å². The van der Waals surface area contributed by atoms with E-state index in [9.17, 15) is 9.18 Å². The first-order chi connectivity index (χ1) is 8.16. The number of aliphatic carboxylic acids is 1. The number of carbonyl (C=O) groups is 1. The third-order valence-electron chi connectivity index (χ3n) is 3.21. The molecular formula is C13H16FNO2. The molecule has 1 atom stereocenters. The number of hydrogen-bond acceptors (Lipinski definition) is 2. The van der Waals surface area contributed by atoms with Gasteiger partial charge in [-0.1, -0.05) is 18.2 Å². The summed E-state index contributed by atoms with van der Waals surface area (Å²) < 4.78 is 13.5. The van der Waals surface area contributed by atoms with Gasteiger partial charge in [0.1, 0.15) is 5.82 Å². The van der Waals surface area contributed by atoms with Crippen LogP contribution in [0.4, 0.5) is 4.39 Å². The normalized spacial score (nSPS) is 21.4. The lowest BCUT2D eigenvalue weighted by Crippen LogP contribution is -2.38. The molecule has 1 aliphatic heterocycles. The summed E-state index contributed by atoms with van der Waals surface area (Å²) in [7, 11) is 0. The third kappa shape index (κ3) is 3.03. The predicted molar refractivity (Wildman–Crippen MR) is 62.0 cm³/mol. The minimum Gasteiger partial charge on any atom is -0.481 e. The van der Waals surface area contributed by atoms with Crippen LogP contribution in [0.15, 0.2) is 24.3 Å². The van der Waals surface area contributed by atoms with Crippen LogP contribution >= 0.6 is 0 Å². The van der Waals surface area contributed by atoms with Gasteiger partial charge in [0.2, 0.25) is 0 Å². The fourth-order valence-corrected chi connectivity index (χ4v) is 2.27. The molecule has 17 heavy (non-hydrogen) atoms. The molecule has 92 valence electrons. The highest BCUT2D eigenvalue weighted by Crippen LogP contribution is 2.19. The number of rotatable bonds is 3. The average molecular weight is 237 g/mol. The van der Waals surface area contributed by atoms with Crippen molar-refractivity contribution in [1.82, 2.24) is 4.90 Å². The maximum Gasteiger partial charge on any atom is 0.307 e. The van der Waals surface area contributed by atoms with Gasteiger partial charge >= 0.3 is 5.97 Å². The van der Waals surface area contributed by atoms with E-state index in [-0.39, 0.29) is 11.7 Å². The van der Waals surface area contributed by atoms with E-state index in [1.54, 1.807) is 18.2 Å². The molecule has 0 radical (unpaired) electrons. The second-order valence-corrected chi connectivity index (χ2v) is 4.50. The Labute approximate surface area is 99.9 Å². The van der Waals surface area contributed by atoms with E-state index in [2.05, 4.69) is 0 Å².